The molecule has 2 aliphatic heterocycles. The Balaban J connectivity index is 1.70. The average molecular weight is 198 g/mol. The molecule has 1 N–H and O–H groups in total. The molecule has 1 unspecified atom stereocenters. The molecule has 0 aromatic heterocycles. The molecular weight excluding hydrogens is 180 g/mol. The van der Waals surface area contributed by atoms with Crippen molar-refractivity contribution in [2.24, 2.45) is 0 Å². The molecule has 4 heteroatoms. The van der Waals surface area contributed by atoms with Crippen LogP contribution in [0.3, 0.4) is 0 Å². The highest BCUT2D eigenvalue weighted by Gasteiger charge is 2.20. The molecule has 0 spiro atoms. The van der Waals surface area contributed by atoms with Crippen LogP contribution in [0.1, 0.15) is 19.3 Å². The molecule has 4 nitrogen and oxygen atoms in total. The molecule has 2 saturated heterocycles. The van der Waals surface area contributed by atoms with Crippen molar-refractivity contribution in [2.75, 3.05) is 32.8 Å². The van der Waals surface area contributed by atoms with E-state index in [1.807, 2.05) is 4.90 Å². The Bertz CT molecular complexity index is 202. The number of carbonyl (C=O) groups is 1. The second-order valence-corrected chi connectivity index (χ2v) is 4.02. The highest BCUT2D eigenvalue weighted by Crippen LogP contribution is 2.10. The third kappa shape index (κ3) is 2.45. The fraction of sp³-hybridized carbons (Fsp3) is 0.900. The number of hydrogen-bond donors (Lipinski definition) is 1. The first-order valence-corrected chi connectivity index (χ1v) is 5.45. The van der Waals surface area contributed by atoms with Gasteiger partial charge >= 0.3 is 0 Å². The van der Waals surface area contributed by atoms with Crippen LogP contribution in [-0.2, 0) is 9.53 Å². The van der Waals surface area contributed by atoms with Gasteiger partial charge in [0.15, 0.2) is 0 Å². The Kier molecular flexibility index (Phi) is 3.37. The lowest BCUT2D eigenvalue weighted by molar-refractivity contribution is -0.142. The number of amides is 1. The molecule has 0 radical (unpaired) electrons. The van der Waals surface area contributed by atoms with Crippen LogP contribution in [0.2, 0.25) is 0 Å². The summed E-state index contributed by atoms with van der Waals surface area (Å²) in [5.41, 5.74) is 0. The van der Waals surface area contributed by atoms with E-state index in [1.54, 1.807) is 0 Å². The van der Waals surface area contributed by atoms with Crippen molar-refractivity contribution in [1.29, 1.82) is 0 Å². The third-order valence-electron chi connectivity index (χ3n) is 2.99. The number of nitrogens with one attached hydrogen (secondary N) is 1. The lowest BCUT2D eigenvalue weighted by Gasteiger charge is -2.27. The predicted octanol–water partition coefficient (Wildman–Crippen LogP) is -0.0127. The molecule has 0 aliphatic carbocycles. The van der Waals surface area contributed by atoms with Crippen LogP contribution in [0, 0.1) is 0 Å². The molecule has 2 fully saturated rings. The molecule has 14 heavy (non-hydrogen) atoms. The molecule has 0 bridgehead atoms. The van der Waals surface area contributed by atoms with Gasteiger partial charge in [-0.05, 0) is 25.8 Å². The monoisotopic (exact) mass is 198 g/mol. The van der Waals surface area contributed by atoms with Gasteiger partial charge in [-0.3, -0.25) is 4.79 Å². The molecule has 80 valence electrons. The van der Waals surface area contributed by atoms with E-state index < -0.39 is 0 Å². The predicted molar refractivity (Wildman–Crippen MR) is 53.0 cm³/mol. The Morgan fingerprint density at radius 3 is 3.21 bits per heavy atom. The number of morpholine rings is 1. The van der Waals surface area contributed by atoms with E-state index in [2.05, 4.69) is 5.32 Å². The molecule has 0 aromatic rings. The van der Waals surface area contributed by atoms with E-state index in [-0.39, 0.29) is 12.5 Å². The standard InChI is InChI=1S/C10H18N2O2/c13-10-8-14-7-6-12(10)5-3-9-2-1-4-11-9/h9,11H,1-8H2. The topological polar surface area (TPSA) is 41.6 Å². The summed E-state index contributed by atoms with van der Waals surface area (Å²) in [6, 6.07) is 0.630. The van der Waals surface area contributed by atoms with Gasteiger partial charge in [0, 0.05) is 19.1 Å². The van der Waals surface area contributed by atoms with E-state index in [1.165, 1.54) is 12.8 Å². The maximum Gasteiger partial charge on any atom is 0.248 e. The zero-order valence-electron chi connectivity index (χ0n) is 8.50. The molecule has 2 aliphatic rings. The molecule has 0 aromatic carbocycles. The third-order valence-corrected chi connectivity index (χ3v) is 2.99. The molecule has 2 rings (SSSR count). The van der Waals surface area contributed by atoms with Crippen LogP contribution in [0.25, 0.3) is 0 Å². The number of carbonyl (C=O) groups excluding carboxylic acids is 1. The van der Waals surface area contributed by atoms with Gasteiger partial charge in [-0.2, -0.15) is 0 Å². The summed E-state index contributed by atoms with van der Waals surface area (Å²) in [5, 5.41) is 3.44. The Morgan fingerprint density at radius 2 is 2.50 bits per heavy atom. The van der Waals surface area contributed by atoms with Crippen molar-refractivity contribution in [3.63, 3.8) is 0 Å². The molecule has 0 saturated carbocycles. The quantitative estimate of drug-likeness (QED) is 0.693. The van der Waals surface area contributed by atoms with Crippen molar-refractivity contribution < 1.29 is 9.53 Å². The highest BCUT2D eigenvalue weighted by atomic mass is 16.5. The van der Waals surface area contributed by atoms with Gasteiger partial charge in [-0.25, -0.2) is 0 Å². The van der Waals surface area contributed by atoms with Gasteiger partial charge in [0.1, 0.15) is 6.61 Å². The molecule has 1 amide bonds. The Hall–Kier alpha value is -0.610. The van der Waals surface area contributed by atoms with Crippen molar-refractivity contribution in [1.82, 2.24) is 10.2 Å². The van der Waals surface area contributed by atoms with Crippen LogP contribution in [0.4, 0.5) is 0 Å². The van der Waals surface area contributed by atoms with E-state index in [0.29, 0.717) is 12.6 Å². The summed E-state index contributed by atoms with van der Waals surface area (Å²) in [6.07, 6.45) is 3.63. The molecule has 1 atom stereocenters. The first-order valence-electron chi connectivity index (χ1n) is 5.45. The minimum Gasteiger partial charge on any atom is -0.370 e. The maximum atomic E-state index is 11.4. The summed E-state index contributed by atoms with van der Waals surface area (Å²) in [5.74, 6) is 0.147. The number of nitrogens with zero attached hydrogens (tertiary/aromatic N) is 1. The normalized spacial score (nSPS) is 28.4. The maximum absolute atomic E-state index is 11.4. The van der Waals surface area contributed by atoms with E-state index in [0.717, 1.165) is 26.1 Å². The van der Waals surface area contributed by atoms with Crippen LogP contribution in [0.15, 0.2) is 0 Å². The summed E-state index contributed by atoms with van der Waals surface area (Å²) < 4.78 is 5.08. The number of ether oxygens (including phenoxy) is 1. The average Bonchev–Trinajstić information content (AvgIpc) is 2.69. The van der Waals surface area contributed by atoms with Gasteiger partial charge in [0.2, 0.25) is 5.91 Å². The summed E-state index contributed by atoms with van der Waals surface area (Å²) >= 11 is 0. The fourth-order valence-electron chi connectivity index (χ4n) is 2.10. The summed E-state index contributed by atoms with van der Waals surface area (Å²) in [6.45, 7) is 3.77. The van der Waals surface area contributed by atoms with E-state index in [9.17, 15) is 4.79 Å². The Labute approximate surface area is 84.6 Å². The second kappa shape index (κ2) is 4.75. The minimum atomic E-state index is 0.147. The Morgan fingerprint density at radius 1 is 1.57 bits per heavy atom. The van der Waals surface area contributed by atoms with Crippen LogP contribution >= 0.6 is 0 Å². The highest BCUT2D eigenvalue weighted by molar-refractivity contribution is 5.77. The smallest absolute Gasteiger partial charge is 0.248 e. The fourth-order valence-corrected chi connectivity index (χ4v) is 2.10. The van der Waals surface area contributed by atoms with Crippen molar-refractivity contribution in [3.8, 4) is 0 Å². The largest absolute Gasteiger partial charge is 0.370 e. The van der Waals surface area contributed by atoms with Gasteiger partial charge < -0.3 is 15.0 Å². The van der Waals surface area contributed by atoms with Gasteiger partial charge in [-0.1, -0.05) is 0 Å². The lowest BCUT2D eigenvalue weighted by Crippen LogP contribution is -2.43. The first-order chi connectivity index (χ1) is 6.86. The van der Waals surface area contributed by atoms with Crippen LogP contribution < -0.4 is 5.32 Å². The lowest BCUT2D eigenvalue weighted by atomic mass is 10.1. The number of rotatable bonds is 3. The number of hydrogen-bond acceptors (Lipinski definition) is 3. The molecular formula is C10H18N2O2. The SMILES string of the molecule is O=C1COCCN1CCC1CCCN1. The van der Waals surface area contributed by atoms with Gasteiger partial charge in [0.25, 0.3) is 0 Å². The zero-order chi connectivity index (χ0) is 9.80. The van der Waals surface area contributed by atoms with Crippen LogP contribution in [0.5, 0.6) is 0 Å². The van der Waals surface area contributed by atoms with Crippen LogP contribution in [-0.4, -0.2) is 49.7 Å². The summed E-state index contributed by atoms with van der Waals surface area (Å²) in [7, 11) is 0. The molecule has 2 heterocycles. The van der Waals surface area contributed by atoms with Crippen molar-refractivity contribution in [3.05, 3.63) is 0 Å². The first kappa shape index (κ1) is 9.93. The van der Waals surface area contributed by atoms with Crippen molar-refractivity contribution in [2.45, 2.75) is 25.3 Å². The summed E-state index contributed by atoms with van der Waals surface area (Å²) in [4.78, 5) is 13.3. The second-order valence-electron chi connectivity index (χ2n) is 4.02. The minimum absolute atomic E-state index is 0.147. The zero-order valence-corrected chi connectivity index (χ0v) is 8.50. The van der Waals surface area contributed by atoms with E-state index >= 15 is 0 Å². The van der Waals surface area contributed by atoms with Crippen molar-refractivity contribution >= 4 is 5.91 Å². The van der Waals surface area contributed by atoms with E-state index in [4.69, 9.17) is 4.74 Å². The van der Waals surface area contributed by atoms with Gasteiger partial charge in [-0.15, -0.1) is 0 Å². The van der Waals surface area contributed by atoms with Gasteiger partial charge in [0.05, 0.1) is 6.61 Å².